The van der Waals surface area contributed by atoms with E-state index in [4.69, 9.17) is 5.73 Å². The second kappa shape index (κ2) is 6.03. The minimum atomic E-state index is -0.211. The summed E-state index contributed by atoms with van der Waals surface area (Å²) in [4.78, 5) is 11.8. The fraction of sp³-hybridized carbons (Fsp3) is 0.462. The Morgan fingerprint density at radius 3 is 2.06 bits per heavy atom. The summed E-state index contributed by atoms with van der Waals surface area (Å²) in [5.74, 6) is -0.0521. The third kappa shape index (κ3) is 5.20. The van der Waals surface area contributed by atoms with Gasteiger partial charge in [-0.15, -0.1) is 12.4 Å². The first-order valence-electron chi connectivity index (χ1n) is 5.47. The molecule has 4 heteroatoms. The molecule has 0 unspecified atom stereocenters. The van der Waals surface area contributed by atoms with Crippen molar-refractivity contribution in [2.75, 3.05) is 0 Å². The highest BCUT2D eigenvalue weighted by Crippen LogP contribution is 2.11. The quantitative estimate of drug-likeness (QED) is 0.855. The Balaban J connectivity index is 0.00000256. The fourth-order valence-corrected chi connectivity index (χ4v) is 1.35. The summed E-state index contributed by atoms with van der Waals surface area (Å²) in [5.41, 5.74) is 7.23. The minimum absolute atomic E-state index is 0. The first-order valence-corrected chi connectivity index (χ1v) is 5.47. The molecule has 0 saturated heterocycles. The summed E-state index contributed by atoms with van der Waals surface area (Å²) >= 11 is 0. The Kier molecular flexibility index (Phi) is 5.66. The van der Waals surface area contributed by atoms with Crippen LogP contribution >= 0.6 is 12.4 Å². The van der Waals surface area contributed by atoms with Gasteiger partial charge in [0.1, 0.15) is 0 Å². The van der Waals surface area contributed by atoms with E-state index in [-0.39, 0.29) is 29.9 Å². The van der Waals surface area contributed by atoms with Crippen LogP contribution in [0.25, 0.3) is 0 Å². The number of amides is 1. The number of hydrogen-bond donors (Lipinski definition) is 2. The van der Waals surface area contributed by atoms with Gasteiger partial charge in [-0.2, -0.15) is 0 Å². The summed E-state index contributed by atoms with van der Waals surface area (Å²) in [6.07, 6.45) is 0. The van der Waals surface area contributed by atoms with Crippen molar-refractivity contribution in [3.8, 4) is 0 Å². The van der Waals surface area contributed by atoms with Crippen LogP contribution in [0.5, 0.6) is 0 Å². The second-order valence-electron chi connectivity index (χ2n) is 5.11. The van der Waals surface area contributed by atoms with Crippen LogP contribution < -0.4 is 11.1 Å². The molecular formula is C13H21ClN2O. The first-order chi connectivity index (χ1) is 7.29. The molecule has 0 spiro atoms. The number of carbonyl (C=O) groups excluding carboxylic acids is 1. The summed E-state index contributed by atoms with van der Waals surface area (Å²) < 4.78 is 0. The van der Waals surface area contributed by atoms with Crippen LogP contribution in [-0.4, -0.2) is 11.4 Å². The Morgan fingerprint density at radius 1 is 1.24 bits per heavy atom. The molecule has 0 aromatic heterocycles. The number of halogens is 1. The molecule has 3 nitrogen and oxygen atoms in total. The molecule has 1 amide bonds. The second-order valence-corrected chi connectivity index (χ2v) is 5.11. The number of carbonyl (C=O) groups is 1. The molecule has 1 rings (SSSR count). The monoisotopic (exact) mass is 256 g/mol. The van der Waals surface area contributed by atoms with Gasteiger partial charge >= 0.3 is 0 Å². The van der Waals surface area contributed by atoms with Gasteiger partial charge < -0.3 is 11.1 Å². The van der Waals surface area contributed by atoms with E-state index in [2.05, 4.69) is 5.32 Å². The van der Waals surface area contributed by atoms with E-state index in [1.807, 2.05) is 39.8 Å². The molecule has 0 aliphatic carbocycles. The minimum Gasteiger partial charge on any atom is -0.347 e. The summed E-state index contributed by atoms with van der Waals surface area (Å²) in [6.45, 7) is 7.80. The van der Waals surface area contributed by atoms with Crippen molar-refractivity contribution >= 4 is 18.3 Å². The molecule has 1 aromatic rings. The van der Waals surface area contributed by atoms with Gasteiger partial charge in [-0.3, -0.25) is 4.79 Å². The predicted molar refractivity (Wildman–Crippen MR) is 73.5 cm³/mol. The van der Waals surface area contributed by atoms with E-state index in [1.165, 1.54) is 0 Å². The van der Waals surface area contributed by atoms with Crippen LogP contribution in [0.3, 0.4) is 0 Å². The van der Waals surface area contributed by atoms with Gasteiger partial charge in [-0.25, -0.2) is 0 Å². The first kappa shape index (κ1) is 15.9. The molecule has 0 fully saturated rings. The van der Waals surface area contributed by atoms with E-state index in [0.29, 0.717) is 5.56 Å². The standard InChI is InChI=1S/C13H20N2O.ClH/c1-9(14)10-5-7-11(8-6-10)12(16)15-13(2,3)4;/h5-9H,14H2,1-4H3,(H,15,16);1H/t9-;/m0./s1. The van der Waals surface area contributed by atoms with Crippen molar-refractivity contribution < 1.29 is 4.79 Å². The van der Waals surface area contributed by atoms with Gasteiger partial charge in [-0.05, 0) is 45.4 Å². The average molecular weight is 257 g/mol. The molecule has 17 heavy (non-hydrogen) atoms. The smallest absolute Gasteiger partial charge is 0.251 e. The number of nitrogens with two attached hydrogens (primary N) is 1. The SMILES string of the molecule is C[C@H](N)c1ccc(C(=O)NC(C)(C)C)cc1.Cl. The van der Waals surface area contributed by atoms with Crippen LogP contribution in [0.2, 0.25) is 0 Å². The van der Waals surface area contributed by atoms with Crippen LogP contribution in [0.15, 0.2) is 24.3 Å². The lowest BCUT2D eigenvalue weighted by Gasteiger charge is -2.20. The summed E-state index contributed by atoms with van der Waals surface area (Å²) in [5, 5.41) is 2.91. The lowest BCUT2D eigenvalue weighted by Crippen LogP contribution is -2.40. The molecule has 0 bridgehead atoms. The normalized spacial score (nSPS) is 12.5. The van der Waals surface area contributed by atoms with Gasteiger partial charge in [0.2, 0.25) is 0 Å². The summed E-state index contributed by atoms with van der Waals surface area (Å²) in [6, 6.07) is 7.39. The molecule has 0 aliphatic heterocycles. The molecule has 0 heterocycles. The molecule has 1 aromatic carbocycles. The largest absolute Gasteiger partial charge is 0.347 e. The maximum absolute atomic E-state index is 11.8. The van der Waals surface area contributed by atoms with Crippen LogP contribution in [0.4, 0.5) is 0 Å². The Labute approximate surface area is 109 Å². The van der Waals surface area contributed by atoms with Crippen molar-refractivity contribution in [1.29, 1.82) is 0 Å². The molecule has 96 valence electrons. The summed E-state index contributed by atoms with van der Waals surface area (Å²) in [7, 11) is 0. The Hall–Kier alpha value is -1.06. The average Bonchev–Trinajstić information content (AvgIpc) is 2.15. The van der Waals surface area contributed by atoms with Crippen LogP contribution in [0.1, 0.15) is 49.7 Å². The van der Waals surface area contributed by atoms with E-state index in [0.717, 1.165) is 5.56 Å². The third-order valence-electron chi connectivity index (χ3n) is 2.19. The molecule has 0 radical (unpaired) electrons. The van der Waals surface area contributed by atoms with Crippen LogP contribution in [0, 0.1) is 0 Å². The number of nitrogens with one attached hydrogen (secondary N) is 1. The number of hydrogen-bond acceptors (Lipinski definition) is 2. The number of benzene rings is 1. The molecule has 3 N–H and O–H groups in total. The van der Waals surface area contributed by atoms with Crippen molar-refractivity contribution in [2.45, 2.75) is 39.3 Å². The highest BCUT2D eigenvalue weighted by molar-refractivity contribution is 5.94. The zero-order chi connectivity index (χ0) is 12.3. The lowest BCUT2D eigenvalue weighted by molar-refractivity contribution is 0.0919. The third-order valence-corrected chi connectivity index (χ3v) is 2.19. The predicted octanol–water partition coefficient (Wildman–Crippen LogP) is 2.66. The van der Waals surface area contributed by atoms with Crippen molar-refractivity contribution in [2.24, 2.45) is 5.73 Å². The highest BCUT2D eigenvalue weighted by Gasteiger charge is 2.15. The lowest BCUT2D eigenvalue weighted by atomic mass is 10.0. The van der Waals surface area contributed by atoms with Gasteiger partial charge in [0, 0.05) is 17.1 Å². The molecule has 0 aliphatic rings. The van der Waals surface area contributed by atoms with E-state index >= 15 is 0 Å². The van der Waals surface area contributed by atoms with E-state index < -0.39 is 0 Å². The van der Waals surface area contributed by atoms with Gasteiger partial charge in [0.15, 0.2) is 0 Å². The van der Waals surface area contributed by atoms with E-state index in [9.17, 15) is 4.79 Å². The maximum atomic E-state index is 11.8. The van der Waals surface area contributed by atoms with E-state index in [1.54, 1.807) is 12.1 Å². The maximum Gasteiger partial charge on any atom is 0.251 e. The fourth-order valence-electron chi connectivity index (χ4n) is 1.35. The Morgan fingerprint density at radius 2 is 1.71 bits per heavy atom. The van der Waals surface area contributed by atoms with Gasteiger partial charge in [-0.1, -0.05) is 12.1 Å². The molecular weight excluding hydrogens is 236 g/mol. The van der Waals surface area contributed by atoms with Crippen molar-refractivity contribution in [3.63, 3.8) is 0 Å². The van der Waals surface area contributed by atoms with Gasteiger partial charge in [0.25, 0.3) is 5.91 Å². The number of rotatable bonds is 2. The molecule has 0 saturated carbocycles. The zero-order valence-electron chi connectivity index (χ0n) is 10.8. The van der Waals surface area contributed by atoms with Gasteiger partial charge in [0.05, 0.1) is 0 Å². The van der Waals surface area contributed by atoms with Crippen molar-refractivity contribution in [1.82, 2.24) is 5.32 Å². The topological polar surface area (TPSA) is 55.1 Å². The zero-order valence-corrected chi connectivity index (χ0v) is 11.6. The van der Waals surface area contributed by atoms with Crippen molar-refractivity contribution in [3.05, 3.63) is 35.4 Å². The van der Waals surface area contributed by atoms with Crippen LogP contribution in [-0.2, 0) is 0 Å². The molecule has 1 atom stereocenters. The highest BCUT2D eigenvalue weighted by atomic mass is 35.5. The Bertz CT molecular complexity index is 366.